The van der Waals surface area contributed by atoms with E-state index >= 15 is 0 Å². The summed E-state index contributed by atoms with van der Waals surface area (Å²) in [5.41, 5.74) is 6.95. The minimum Gasteiger partial charge on any atom is -0.464 e. The number of benzene rings is 1. The van der Waals surface area contributed by atoms with Gasteiger partial charge in [0.2, 0.25) is 0 Å². The molecule has 0 saturated heterocycles. The van der Waals surface area contributed by atoms with E-state index in [1.807, 2.05) is 18.2 Å². The first-order valence-corrected chi connectivity index (χ1v) is 9.49. The molecule has 0 aliphatic heterocycles. The Bertz CT molecular complexity index is 1230. The number of nitrogens with zero attached hydrogens (tertiary/aromatic N) is 4. The number of aliphatic hydroxyl groups excluding tert-OH is 1. The van der Waals surface area contributed by atoms with Crippen LogP contribution in [-0.4, -0.2) is 48.6 Å². The normalized spacial score (nSPS) is 13.1. The zero-order valence-corrected chi connectivity index (χ0v) is 16.6. The van der Waals surface area contributed by atoms with E-state index in [2.05, 4.69) is 20.3 Å². The van der Waals surface area contributed by atoms with Crippen molar-refractivity contribution in [1.29, 1.82) is 0 Å². The van der Waals surface area contributed by atoms with Crippen molar-refractivity contribution in [3.63, 3.8) is 0 Å². The van der Waals surface area contributed by atoms with E-state index in [0.717, 1.165) is 5.39 Å². The summed E-state index contributed by atoms with van der Waals surface area (Å²) < 4.78 is 7.06. The molecule has 2 atom stereocenters. The molecule has 158 valence electrons. The van der Waals surface area contributed by atoms with Gasteiger partial charge in [-0.2, -0.15) is 0 Å². The smallest absolute Gasteiger partial charge is 0.270 e. The summed E-state index contributed by atoms with van der Waals surface area (Å²) in [6, 6.07) is 7.88. The maximum Gasteiger partial charge on any atom is 0.270 e. The monoisotopic (exact) mass is 420 g/mol. The number of imidazole rings is 1. The molecule has 31 heavy (non-hydrogen) atoms. The van der Waals surface area contributed by atoms with Crippen LogP contribution >= 0.6 is 0 Å². The van der Waals surface area contributed by atoms with Crippen LogP contribution in [0.25, 0.3) is 16.8 Å². The second-order valence-electron chi connectivity index (χ2n) is 6.93. The number of hydrogen-bond acceptors (Lipinski definition) is 8. The summed E-state index contributed by atoms with van der Waals surface area (Å²) in [6.07, 6.45) is 4.17. The fourth-order valence-electron chi connectivity index (χ4n) is 3.38. The molecular weight excluding hydrogens is 400 g/mol. The van der Waals surface area contributed by atoms with E-state index in [1.54, 1.807) is 29.8 Å². The topological polar surface area (TPSA) is 149 Å². The van der Waals surface area contributed by atoms with E-state index in [0.29, 0.717) is 22.8 Å². The van der Waals surface area contributed by atoms with Crippen LogP contribution in [0.15, 0.2) is 59.7 Å². The molecule has 0 saturated carbocycles. The standard InChI is InChI=1S/C21H20N6O4/c1-12-24-9-16(27(12)18-6-7-23-11-25-18)21(30)26-15(19(28)20(22)29)8-13-10-31-17-5-3-2-4-14(13)17/h2-7,9-11,15,20,29H,8,22H2,1H3,(H,26,30). The van der Waals surface area contributed by atoms with Crippen molar-refractivity contribution < 1.29 is 19.1 Å². The lowest BCUT2D eigenvalue weighted by atomic mass is 10.0. The van der Waals surface area contributed by atoms with Crippen molar-refractivity contribution in [1.82, 2.24) is 24.8 Å². The van der Waals surface area contributed by atoms with Crippen LogP contribution < -0.4 is 11.1 Å². The number of aryl methyl sites for hydroxylation is 1. The first-order valence-electron chi connectivity index (χ1n) is 9.49. The molecule has 1 aromatic carbocycles. The molecule has 0 radical (unpaired) electrons. The van der Waals surface area contributed by atoms with Crippen molar-refractivity contribution in [2.24, 2.45) is 5.73 Å². The number of aliphatic hydroxyl groups is 1. The van der Waals surface area contributed by atoms with Gasteiger partial charge >= 0.3 is 0 Å². The Hall–Kier alpha value is -3.89. The Morgan fingerprint density at radius 2 is 2.06 bits per heavy atom. The number of fused-ring (bicyclic) bond motifs is 1. The highest BCUT2D eigenvalue weighted by molar-refractivity contribution is 5.98. The molecule has 4 N–H and O–H groups in total. The van der Waals surface area contributed by atoms with Crippen molar-refractivity contribution in [2.75, 3.05) is 0 Å². The number of ketones is 1. The van der Waals surface area contributed by atoms with Crippen molar-refractivity contribution >= 4 is 22.7 Å². The quantitative estimate of drug-likeness (QED) is 0.373. The second-order valence-corrected chi connectivity index (χ2v) is 6.93. The second kappa shape index (κ2) is 8.46. The summed E-state index contributed by atoms with van der Waals surface area (Å²) in [5, 5.41) is 13.1. The zero-order chi connectivity index (χ0) is 22.0. The fraction of sp³-hybridized carbons (Fsp3) is 0.190. The van der Waals surface area contributed by atoms with Gasteiger partial charge in [0.15, 0.2) is 12.0 Å². The lowest BCUT2D eigenvalue weighted by Gasteiger charge is -2.19. The van der Waals surface area contributed by atoms with E-state index in [9.17, 15) is 14.7 Å². The fourth-order valence-corrected chi connectivity index (χ4v) is 3.38. The van der Waals surface area contributed by atoms with Gasteiger partial charge < -0.3 is 14.8 Å². The Balaban J connectivity index is 1.64. The number of aromatic nitrogens is 4. The Morgan fingerprint density at radius 1 is 1.26 bits per heavy atom. The van der Waals surface area contributed by atoms with Gasteiger partial charge in [-0.25, -0.2) is 15.0 Å². The van der Waals surface area contributed by atoms with Gasteiger partial charge in [0.05, 0.1) is 18.5 Å². The van der Waals surface area contributed by atoms with Crippen molar-refractivity contribution in [2.45, 2.75) is 25.6 Å². The van der Waals surface area contributed by atoms with Gasteiger partial charge in [-0.05, 0) is 19.1 Å². The van der Waals surface area contributed by atoms with Gasteiger partial charge in [0, 0.05) is 23.6 Å². The van der Waals surface area contributed by atoms with Gasteiger partial charge in [0.1, 0.15) is 29.2 Å². The number of carbonyl (C=O) groups excluding carboxylic acids is 2. The van der Waals surface area contributed by atoms with Gasteiger partial charge in [-0.3, -0.25) is 19.9 Å². The van der Waals surface area contributed by atoms with Gasteiger partial charge in [-0.15, -0.1) is 0 Å². The van der Waals surface area contributed by atoms with Crippen molar-refractivity contribution in [3.05, 3.63) is 72.4 Å². The molecule has 0 fully saturated rings. The Morgan fingerprint density at radius 3 is 2.81 bits per heavy atom. The average molecular weight is 420 g/mol. The number of nitrogens with one attached hydrogen (secondary N) is 1. The molecule has 2 unspecified atom stereocenters. The molecule has 10 heteroatoms. The lowest BCUT2D eigenvalue weighted by molar-refractivity contribution is -0.128. The number of rotatable bonds is 7. The number of hydrogen-bond donors (Lipinski definition) is 3. The number of carbonyl (C=O) groups is 2. The highest BCUT2D eigenvalue weighted by atomic mass is 16.3. The Labute approximate surface area is 176 Å². The van der Waals surface area contributed by atoms with Crippen LogP contribution in [0.3, 0.4) is 0 Å². The molecule has 1 amide bonds. The molecular formula is C21H20N6O4. The lowest BCUT2D eigenvalue weighted by Crippen LogP contribution is -2.49. The maximum absolute atomic E-state index is 13.1. The first kappa shape index (κ1) is 20.4. The van der Waals surface area contributed by atoms with Gasteiger partial charge in [-0.1, -0.05) is 18.2 Å². The predicted molar refractivity (Wildman–Crippen MR) is 110 cm³/mol. The summed E-state index contributed by atoms with van der Waals surface area (Å²) >= 11 is 0. The van der Waals surface area contributed by atoms with Crippen LogP contribution in [-0.2, 0) is 11.2 Å². The molecule has 10 nitrogen and oxygen atoms in total. The van der Waals surface area contributed by atoms with E-state index in [4.69, 9.17) is 10.2 Å². The third kappa shape index (κ3) is 4.06. The number of furan rings is 1. The van der Waals surface area contributed by atoms with Crippen LogP contribution in [0.4, 0.5) is 0 Å². The van der Waals surface area contributed by atoms with Crippen LogP contribution in [0.2, 0.25) is 0 Å². The minimum absolute atomic E-state index is 0.0937. The highest BCUT2D eigenvalue weighted by Crippen LogP contribution is 2.22. The number of nitrogens with two attached hydrogens (primary N) is 1. The van der Waals surface area contributed by atoms with Crippen LogP contribution in [0, 0.1) is 6.92 Å². The third-order valence-corrected chi connectivity index (χ3v) is 4.89. The van der Waals surface area contributed by atoms with Crippen LogP contribution in [0.5, 0.6) is 0 Å². The number of amides is 1. The molecule has 3 aromatic heterocycles. The first-order chi connectivity index (χ1) is 15.0. The predicted octanol–water partition coefficient (Wildman–Crippen LogP) is 0.904. The molecule has 0 spiro atoms. The zero-order valence-electron chi connectivity index (χ0n) is 16.6. The SMILES string of the molecule is Cc1ncc(C(=O)NC(Cc2coc3ccccc23)C(=O)C(N)O)n1-c1ccncn1. The van der Waals surface area contributed by atoms with Gasteiger partial charge in [0.25, 0.3) is 5.91 Å². The molecule has 0 aliphatic carbocycles. The molecule has 3 heterocycles. The summed E-state index contributed by atoms with van der Waals surface area (Å²) in [4.78, 5) is 37.9. The maximum atomic E-state index is 13.1. The average Bonchev–Trinajstić information content (AvgIpc) is 3.37. The molecule has 0 bridgehead atoms. The minimum atomic E-state index is -1.74. The van der Waals surface area contributed by atoms with Crippen molar-refractivity contribution in [3.8, 4) is 5.82 Å². The molecule has 0 aliphatic rings. The van der Waals surface area contributed by atoms with E-state index in [-0.39, 0.29) is 12.1 Å². The molecule has 4 aromatic rings. The molecule has 4 rings (SSSR count). The summed E-state index contributed by atoms with van der Waals surface area (Å²) in [7, 11) is 0. The number of para-hydroxylation sites is 1. The Kier molecular flexibility index (Phi) is 5.56. The largest absolute Gasteiger partial charge is 0.464 e. The van der Waals surface area contributed by atoms with Crippen LogP contribution in [0.1, 0.15) is 21.9 Å². The summed E-state index contributed by atoms with van der Waals surface area (Å²) in [5.74, 6) is -0.293. The number of Topliss-reactive ketones (excluding diaryl/α,β-unsaturated/α-hetero) is 1. The van der Waals surface area contributed by atoms with E-state index in [1.165, 1.54) is 18.8 Å². The summed E-state index contributed by atoms with van der Waals surface area (Å²) in [6.45, 7) is 1.72. The van der Waals surface area contributed by atoms with E-state index < -0.39 is 24.0 Å². The highest BCUT2D eigenvalue weighted by Gasteiger charge is 2.28. The third-order valence-electron chi connectivity index (χ3n) is 4.89.